The third-order valence-corrected chi connectivity index (χ3v) is 9.76. The van der Waals surface area contributed by atoms with E-state index in [0.717, 1.165) is 11.9 Å². The lowest BCUT2D eigenvalue weighted by molar-refractivity contribution is 0.0564. The number of sulfonamides is 1. The summed E-state index contributed by atoms with van der Waals surface area (Å²) < 4.78 is 70.7. The molecule has 1 fully saturated rings. The predicted octanol–water partition coefficient (Wildman–Crippen LogP) is 5.46. The molecule has 0 spiro atoms. The third-order valence-electron chi connectivity index (χ3n) is 7.14. The molecule has 9 nitrogen and oxygen atoms in total. The van der Waals surface area contributed by atoms with E-state index in [1.165, 1.54) is 35.6 Å². The first-order chi connectivity index (χ1) is 20.7. The topological polar surface area (TPSA) is 105 Å². The van der Waals surface area contributed by atoms with Gasteiger partial charge in [-0.05, 0) is 43.2 Å². The summed E-state index contributed by atoms with van der Waals surface area (Å²) in [4.78, 5) is 15.5. The number of fused-ring (bicyclic) bond motifs is 1. The Morgan fingerprint density at radius 3 is 2.70 bits per heavy atom. The number of halogens is 4. The molecule has 0 amide bonds. The highest BCUT2D eigenvalue weighted by Crippen LogP contribution is 2.46. The molecule has 0 saturated carbocycles. The maximum atomic E-state index is 14.0. The van der Waals surface area contributed by atoms with E-state index in [-0.39, 0.29) is 29.4 Å². The fourth-order valence-corrected chi connectivity index (χ4v) is 7.55. The Balaban J connectivity index is 1.37. The highest BCUT2D eigenvalue weighted by Gasteiger charge is 2.42. The summed E-state index contributed by atoms with van der Waals surface area (Å²) in [6, 6.07) is 9.49. The molecule has 0 radical (unpaired) electrons. The smallest absolute Gasteiger partial charge is 0.326 e. The van der Waals surface area contributed by atoms with Crippen molar-refractivity contribution in [1.29, 1.82) is 0 Å². The van der Waals surface area contributed by atoms with Crippen molar-refractivity contribution < 1.29 is 21.6 Å². The van der Waals surface area contributed by atoms with Gasteiger partial charge in [-0.2, -0.15) is 13.9 Å². The van der Waals surface area contributed by atoms with Crippen LogP contribution in [0.3, 0.4) is 0 Å². The van der Waals surface area contributed by atoms with E-state index in [4.69, 9.17) is 16.6 Å². The van der Waals surface area contributed by atoms with Gasteiger partial charge in [0, 0.05) is 70.5 Å². The number of hydrogen-bond donors (Lipinski definition) is 1. The third kappa shape index (κ3) is 6.37. The lowest BCUT2D eigenvalue weighted by atomic mass is 9.92. The zero-order valence-corrected chi connectivity index (χ0v) is 24.8. The van der Waals surface area contributed by atoms with E-state index in [9.17, 15) is 21.6 Å². The molecule has 0 aliphatic carbocycles. The molecule has 3 aromatic heterocycles. The van der Waals surface area contributed by atoms with Gasteiger partial charge >= 0.3 is 6.55 Å². The van der Waals surface area contributed by atoms with Crippen LogP contribution in [0.5, 0.6) is 0 Å². The second-order valence-corrected chi connectivity index (χ2v) is 13.2. The number of alkyl halides is 2. The van der Waals surface area contributed by atoms with Crippen molar-refractivity contribution in [3.05, 3.63) is 105 Å². The number of nitrogens with zero attached hydrogens (tertiary/aromatic N) is 6. The van der Waals surface area contributed by atoms with Crippen LogP contribution < -0.4 is 4.72 Å². The van der Waals surface area contributed by atoms with Crippen LogP contribution in [0.2, 0.25) is 5.02 Å². The van der Waals surface area contributed by atoms with E-state index in [0.29, 0.717) is 45.2 Å². The molecule has 1 aromatic carbocycles. The van der Waals surface area contributed by atoms with Crippen LogP contribution >= 0.6 is 22.9 Å². The molecular weight excluding hydrogens is 623 g/mol. The first kappa shape index (κ1) is 29.5. The highest BCUT2D eigenvalue weighted by molar-refractivity contribution is 7.89. The van der Waals surface area contributed by atoms with Gasteiger partial charge in [-0.3, -0.25) is 9.98 Å². The minimum Gasteiger partial charge on any atom is -0.326 e. The molecule has 43 heavy (non-hydrogen) atoms. The van der Waals surface area contributed by atoms with E-state index >= 15 is 0 Å². The van der Waals surface area contributed by atoms with Crippen molar-refractivity contribution in [2.45, 2.75) is 37.9 Å². The standard InChI is InChI=1S/C28H25ClF3N7O2S2/c29-21-14-17(30)6-7-20(21)25-24(22-8-11-39(36-22)28(31)32)23-15-19(16-38(23)26(35-25)27-34-10-12-42-27)37-43(40,41)13-3-5-18-4-1-2-9-33-18/h1-2,4,6-12,14,19,25,28,37H,3,5,13,15-16H2/t19-,25-/m0/s1. The molecule has 2 atom stereocenters. The summed E-state index contributed by atoms with van der Waals surface area (Å²) in [6.07, 6.45) is 5.60. The van der Waals surface area contributed by atoms with Crippen LogP contribution in [0.1, 0.15) is 47.4 Å². The molecule has 5 heterocycles. The van der Waals surface area contributed by atoms with Gasteiger partial charge in [-0.25, -0.2) is 27.2 Å². The van der Waals surface area contributed by atoms with Gasteiger partial charge in [-0.15, -0.1) is 11.3 Å². The summed E-state index contributed by atoms with van der Waals surface area (Å²) in [5, 5.41) is 6.59. The zero-order chi connectivity index (χ0) is 30.1. The number of thiazole rings is 1. The summed E-state index contributed by atoms with van der Waals surface area (Å²) in [5.74, 6) is -0.152. The number of aliphatic imine (C=N–C) groups is 1. The van der Waals surface area contributed by atoms with Crippen molar-refractivity contribution in [1.82, 2.24) is 29.4 Å². The van der Waals surface area contributed by atoms with Gasteiger partial charge in [0.05, 0.1) is 11.4 Å². The monoisotopic (exact) mass is 647 g/mol. The first-order valence-corrected chi connectivity index (χ1v) is 16.3. The maximum Gasteiger partial charge on any atom is 0.333 e. The molecule has 4 aromatic rings. The van der Waals surface area contributed by atoms with E-state index < -0.39 is 34.5 Å². The zero-order valence-electron chi connectivity index (χ0n) is 22.4. The largest absolute Gasteiger partial charge is 0.333 e. The van der Waals surface area contributed by atoms with E-state index in [1.54, 1.807) is 23.8 Å². The van der Waals surface area contributed by atoms with Gasteiger partial charge in [0.2, 0.25) is 10.0 Å². The molecule has 2 aliphatic heterocycles. The fourth-order valence-electron chi connectivity index (χ4n) is 5.33. The lowest BCUT2D eigenvalue weighted by Crippen LogP contribution is -2.40. The number of amidine groups is 1. The number of rotatable bonds is 10. The molecule has 2 aliphatic rings. The first-order valence-electron chi connectivity index (χ1n) is 13.4. The SMILES string of the molecule is O=S(=O)(CCCc1ccccn1)N[C@H]1CC2=C(c3ccn(C(F)F)n3)[C@H](c3ccc(F)cc3Cl)N=C(c3nccs3)N2C1. The molecule has 15 heteroatoms. The number of aromatic nitrogens is 4. The molecule has 224 valence electrons. The summed E-state index contributed by atoms with van der Waals surface area (Å²) in [6.45, 7) is -2.63. The van der Waals surface area contributed by atoms with Crippen molar-refractivity contribution in [2.24, 2.45) is 4.99 Å². The van der Waals surface area contributed by atoms with E-state index in [2.05, 4.69) is 19.8 Å². The lowest BCUT2D eigenvalue weighted by Gasteiger charge is -2.32. The van der Waals surface area contributed by atoms with Crippen LogP contribution in [0, 0.1) is 5.82 Å². The second kappa shape index (κ2) is 12.2. The van der Waals surface area contributed by atoms with Crippen LogP contribution in [0.25, 0.3) is 5.57 Å². The summed E-state index contributed by atoms with van der Waals surface area (Å²) in [7, 11) is -3.68. The molecule has 0 bridgehead atoms. The van der Waals surface area contributed by atoms with Crippen LogP contribution in [-0.2, 0) is 16.4 Å². The Hall–Kier alpha value is -3.59. The van der Waals surface area contributed by atoms with Crippen molar-refractivity contribution in [2.75, 3.05) is 12.3 Å². The van der Waals surface area contributed by atoms with E-state index in [1.807, 2.05) is 17.0 Å². The predicted molar refractivity (Wildman–Crippen MR) is 158 cm³/mol. The minimum absolute atomic E-state index is 0.0913. The Labute approximate surface area is 254 Å². The van der Waals surface area contributed by atoms with Crippen molar-refractivity contribution in [3.8, 4) is 0 Å². The quantitative estimate of drug-likeness (QED) is 0.245. The van der Waals surface area contributed by atoms with Crippen LogP contribution in [0.15, 0.2) is 77.1 Å². The molecule has 1 saturated heterocycles. The average Bonchev–Trinajstić information content (AvgIpc) is 3.74. The number of pyridine rings is 1. The fraction of sp³-hybridized carbons (Fsp3) is 0.286. The average molecular weight is 648 g/mol. The maximum absolute atomic E-state index is 14.0. The Morgan fingerprint density at radius 2 is 2.00 bits per heavy atom. The molecular formula is C28H25ClF3N7O2S2. The number of hydrogen-bond acceptors (Lipinski definition) is 8. The summed E-state index contributed by atoms with van der Waals surface area (Å²) in [5.41, 5.74) is 2.61. The van der Waals surface area contributed by atoms with Gasteiger partial charge in [0.25, 0.3) is 0 Å². The Kier molecular flexibility index (Phi) is 8.36. The van der Waals surface area contributed by atoms with Crippen LogP contribution in [0.4, 0.5) is 13.2 Å². The van der Waals surface area contributed by atoms with Gasteiger partial charge < -0.3 is 4.90 Å². The van der Waals surface area contributed by atoms with Gasteiger partial charge in [-0.1, -0.05) is 23.7 Å². The van der Waals surface area contributed by atoms with Crippen LogP contribution in [-0.4, -0.2) is 57.2 Å². The van der Waals surface area contributed by atoms with Gasteiger partial charge in [0.15, 0.2) is 10.8 Å². The number of aryl methyl sites for hydroxylation is 1. The Morgan fingerprint density at radius 1 is 1.14 bits per heavy atom. The normalized spacial score (nSPS) is 18.8. The second-order valence-electron chi connectivity index (χ2n) is 10.1. The number of nitrogens with one attached hydrogen (secondary N) is 1. The summed E-state index contributed by atoms with van der Waals surface area (Å²) >= 11 is 7.84. The Bertz CT molecular complexity index is 1780. The molecule has 1 N–H and O–H groups in total. The molecule has 6 rings (SSSR count). The minimum atomic E-state index is -3.68. The highest BCUT2D eigenvalue weighted by atomic mass is 35.5. The molecule has 0 unspecified atom stereocenters. The van der Waals surface area contributed by atoms with Gasteiger partial charge in [0.1, 0.15) is 11.9 Å². The van der Waals surface area contributed by atoms with Crippen molar-refractivity contribution >= 4 is 44.4 Å². The number of benzene rings is 1. The van der Waals surface area contributed by atoms with Crippen molar-refractivity contribution in [3.63, 3.8) is 0 Å².